The Balaban J connectivity index is 2.26. The highest BCUT2D eigenvalue weighted by atomic mass is 79.9. The monoisotopic (exact) mass is 323 g/mol. The molecule has 0 saturated carbocycles. The molecule has 1 heterocycles. The summed E-state index contributed by atoms with van der Waals surface area (Å²) < 4.78 is 1.13. The Hall–Kier alpha value is -1.27. The first kappa shape index (κ1) is 14.1. The number of aromatic nitrogens is 4. The van der Waals surface area contributed by atoms with Gasteiger partial charge >= 0.3 is 0 Å². The molecule has 1 aromatic carbocycles. The lowest BCUT2D eigenvalue weighted by molar-refractivity contribution is 0.532. The van der Waals surface area contributed by atoms with Crippen LogP contribution in [0.1, 0.15) is 29.9 Å². The van der Waals surface area contributed by atoms with Gasteiger partial charge in [0.15, 0.2) is 5.82 Å². The Labute approximate surface area is 121 Å². The summed E-state index contributed by atoms with van der Waals surface area (Å²) in [7, 11) is 1.78. The molecule has 19 heavy (non-hydrogen) atoms. The molecule has 2 rings (SSSR count). The van der Waals surface area contributed by atoms with Gasteiger partial charge in [-0.1, -0.05) is 35.0 Å². The fourth-order valence-electron chi connectivity index (χ4n) is 2.13. The maximum absolute atomic E-state index is 4.25. The Morgan fingerprint density at radius 2 is 2.21 bits per heavy atom. The average Bonchev–Trinajstić information content (AvgIpc) is 2.78. The third kappa shape index (κ3) is 3.39. The molecule has 0 bridgehead atoms. The summed E-state index contributed by atoms with van der Waals surface area (Å²) in [6.45, 7) is 5.12. The van der Waals surface area contributed by atoms with Gasteiger partial charge in [0.1, 0.15) is 0 Å². The number of aryl methyl sites for hydroxylation is 1. The van der Waals surface area contributed by atoms with Gasteiger partial charge < -0.3 is 5.32 Å². The third-order valence-corrected chi connectivity index (χ3v) is 3.93. The molecular formula is C13H18BrN5. The van der Waals surface area contributed by atoms with Crippen molar-refractivity contribution in [1.82, 2.24) is 25.5 Å². The Bertz CT molecular complexity index is 552. The maximum atomic E-state index is 4.25. The fraction of sp³-hybridized carbons (Fsp3) is 0.462. The van der Waals surface area contributed by atoms with E-state index in [1.807, 2.05) is 0 Å². The van der Waals surface area contributed by atoms with Crippen LogP contribution in [-0.2, 0) is 13.5 Å². The van der Waals surface area contributed by atoms with E-state index in [-0.39, 0.29) is 6.04 Å². The number of benzene rings is 1. The van der Waals surface area contributed by atoms with E-state index in [9.17, 15) is 0 Å². The van der Waals surface area contributed by atoms with Crippen molar-refractivity contribution < 1.29 is 0 Å². The molecule has 2 aromatic rings. The predicted octanol–water partition coefficient (Wildman–Crippen LogP) is 2.17. The quantitative estimate of drug-likeness (QED) is 0.916. The zero-order valence-electron chi connectivity index (χ0n) is 11.4. The minimum Gasteiger partial charge on any atom is -0.310 e. The van der Waals surface area contributed by atoms with Crippen LogP contribution >= 0.6 is 15.9 Å². The molecule has 1 aromatic heterocycles. The number of nitrogens with one attached hydrogen (secondary N) is 1. The van der Waals surface area contributed by atoms with Gasteiger partial charge in [0.25, 0.3) is 0 Å². The molecule has 6 heteroatoms. The topological polar surface area (TPSA) is 55.6 Å². The normalized spacial score (nSPS) is 12.6. The van der Waals surface area contributed by atoms with Gasteiger partial charge in [-0.25, -0.2) is 0 Å². The summed E-state index contributed by atoms with van der Waals surface area (Å²) in [6.07, 6.45) is 0.735. The van der Waals surface area contributed by atoms with E-state index in [0.717, 1.165) is 23.3 Å². The second-order valence-corrected chi connectivity index (χ2v) is 5.32. The van der Waals surface area contributed by atoms with Crippen LogP contribution in [0.3, 0.4) is 0 Å². The van der Waals surface area contributed by atoms with Crippen molar-refractivity contribution in [3.8, 4) is 0 Å². The largest absolute Gasteiger partial charge is 0.310 e. The summed E-state index contributed by atoms with van der Waals surface area (Å²) in [5.74, 6) is 0.757. The van der Waals surface area contributed by atoms with Gasteiger partial charge in [0.2, 0.25) is 0 Å². The van der Waals surface area contributed by atoms with Crippen LogP contribution in [0.4, 0.5) is 0 Å². The number of hydrogen-bond donors (Lipinski definition) is 1. The molecule has 1 unspecified atom stereocenters. The van der Waals surface area contributed by atoms with Crippen LogP contribution in [0, 0.1) is 6.92 Å². The zero-order valence-corrected chi connectivity index (χ0v) is 13.0. The van der Waals surface area contributed by atoms with E-state index in [1.165, 1.54) is 15.9 Å². The van der Waals surface area contributed by atoms with Crippen molar-refractivity contribution in [3.05, 3.63) is 39.6 Å². The van der Waals surface area contributed by atoms with E-state index < -0.39 is 0 Å². The van der Waals surface area contributed by atoms with Crippen LogP contribution < -0.4 is 5.32 Å². The molecule has 0 radical (unpaired) electrons. The van der Waals surface area contributed by atoms with Crippen molar-refractivity contribution in [1.29, 1.82) is 0 Å². The molecule has 1 N–H and O–H groups in total. The van der Waals surface area contributed by atoms with Gasteiger partial charge in [-0.3, -0.25) is 0 Å². The van der Waals surface area contributed by atoms with Gasteiger partial charge in [-0.15, -0.1) is 10.2 Å². The number of likely N-dealkylation sites (N-methyl/N-ethyl adjacent to an activating group) is 1. The highest BCUT2D eigenvalue weighted by Crippen LogP contribution is 2.26. The van der Waals surface area contributed by atoms with Crippen molar-refractivity contribution in [3.63, 3.8) is 0 Å². The number of halogens is 1. The molecule has 0 amide bonds. The molecule has 0 aliphatic carbocycles. The van der Waals surface area contributed by atoms with Crippen molar-refractivity contribution in [2.24, 2.45) is 7.05 Å². The molecule has 0 fully saturated rings. The van der Waals surface area contributed by atoms with Gasteiger partial charge in [-0.2, -0.15) is 4.80 Å². The summed E-state index contributed by atoms with van der Waals surface area (Å²) in [5, 5.41) is 15.7. The summed E-state index contributed by atoms with van der Waals surface area (Å²) in [5.41, 5.74) is 2.51. The molecule has 0 saturated heterocycles. The average molecular weight is 324 g/mol. The van der Waals surface area contributed by atoms with Crippen molar-refractivity contribution in [2.45, 2.75) is 26.3 Å². The molecule has 0 spiro atoms. The summed E-state index contributed by atoms with van der Waals surface area (Å²) >= 11 is 3.58. The SMILES string of the molecule is CCNC(Cc1nnn(C)n1)c1cccc(Br)c1C. The smallest absolute Gasteiger partial charge is 0.176 e. The number of rotatable bonds is 5. The van der Waals surface area contributed by atoms with Crippen molar-refractivity contribution in [2.75, 3.05) is 6.54 Å². The fourth-order valence-corrected chi connectivity index (χ4v) is 2.51. The number of nitrogens with zero attached hydrogens (tertiary/aromatic N) is 4. The molecule has 0 aliphatic rings. The van der Waals surface area contributed by atoms with Gasteiger partial charge in [0.05, 0.1) is 7.05 Å². The Kier molecular flexibility index (Phi) is 4.66. The van der Waals surface area contributed by atoms with Crippen molar-refractivity contribution >= 4 is 15.9 Å². The summed E-state index contributed by atoms with van der Waals surface area (Å²) in [6, 6.07) is 6.46. The maximum Gasteiger partial charge on any atom is 0.176 e. The lowest BCUT2D eigenvalue weighted by Crippen LogP contribution is -2.24. The second-order valence-electron chi connectivity index (χ2n) is 4.46. The highest BCUT2D eigenvalue weighted by Gasteiger charge is 2.17. The zero-order chi connectivity index (χ0) is 13.8. The van der Waals surface area contributed by atoms with Crippen LogP contribution in [0.25, 0.3) is 0 Å². The standard InChI is InChI=1S/C13H18BrN5/c1-4-15-12(8-13-16-18-19(3)17-13)10-6-5-7-11(14)9(10)2/h5-7,12,15H,4,8H2,1-3H3. The first-order valence-electron chi connectivity index (χ1n) is 6.33. The predicted molar refractivity (Wildman–Crippen MR) is 77.8 cm³/mol. The first-order chi connectivity index (χ1) is 9.11. The van der Waals surface area contributed by atoms with E-state index in [2.05, 4.69) is 68.7 Å². The van der Waals surface area contributed by atoms with Crippen LogP contribution in [0.15, 0.2) is 22.7 Å². The van der Waals surface area contributed by atoms with E-state index in [4.69, 9.17) is 0 Å². The minimum atomic E-state index is 0.201. The van der Waals surface area contributed by atoms with Crippen LogP contribution in [0.2, 0.25) is 0 Å². The lowest BCUT2D eigenvalue weighted by Gasteiger charge is -2.19. The van der Waals surface area contributed by atoms with E-state index in [0.29, 0.717) is 0 Å². The van der Waals surface area contributed by atoms with E-state index in [1.54, 1.807) is 7.05 Å². The number of hydrogen-bond acceptors (Lipinski definition) is 4. The molecule has 0 aliphatic heterocycles. The highest BCUT2D eigenvalue weighted by molar-refractivity contribution is 9.10. The molecular weight excluding hydrogens is 306 g/mol. The number of tetrazole rings is 1. The van der Waals surface area contributed by atoms with Gasteiger partial charge in [0, 0.05) is 16.9 Å². The van der Waals surface area contributed by atoms with Crippen LogP contribution in [-0.4, -0.2) is 26.8 Å². The minimum absolute atomic E-state index is 0.201. The molecule has 102 valence electrons. The summed E-state index contributed by atoms with van der Waals surface area (Å²) in [4.78, 5) is 1.49. The Morgan fingerprint density at radius 1 is 1.42 bits per heavy atom. The van der Waals surface area contributed by atoms with E-state index >= 15 is 0 Å². The van der Waals surface area contributed by atoms with Crippen LogP contribution in [0.5, 0.6) is 0 Å². The molecule has 1 atom stereocenters. The third-order valence-electron chi connectivity index (χ3n) is 3.07. The lowest BCUT2D eigenvalue weighted by atomic mass is 9.98. The first-order valence-corrected chi connectivity index (χ1v) is 7.12. The molecule has 5 nitrogen and oxygen atoms in total. The van der Waals surface area contributed by atoms with Gasteiger partial charge in [-0.05, 0) is 35.9 Å². The Morgan fingerprint density at radius 3 is 2.84 bits per heavy atom. The second kappa shape index (κ2) is 6.25.